The lowest BCUT2D eigenvalue weighted by molar-refractivity contribution is 0.308. The van der Waals surface area contributed by atoms with Crippen molar-refractivity contribution in [1.29, 1.82) is 0 Å². The van der Waals surface area contributed by atoms with Crippen LogP contribution in [0.2, 0.25) is 10.0 Å². The zero-order valence-electron chi connectivity index (χ0n) is 17.4. The Morgan fingerprint density at radius 2 is 1.65 bits per heavy atom. The second-order valence-electron chi connectivity index (χ2n) is 7.32. The van der Waals surface area contributed by atoms with Gasteiger partial charge in [-0.1, -0.05) is 60.1 Å². The van der Waals surface area contributed by atoms with Crippen molar-refractivity contribution in [3.05, 3.63) is 100 Å². The number of benzene rings is 3. The maximum absolute atomic E-state index is 6.28. The predicted octanol–water partition coefficient (Wildman–Crippen LogP) is 5.98. The molecule has 0 aromatic heterocycles. The number of ether oxygens (including phenoxy) is 1. The Kier molecular flexibility index (Phi) is 8.24. The minimum atomic E-state index is 0.462. The van der Waals surface area contributed by atoms with Gasteiger partial charge in [-0.05, 0) is 66.1 Å². The molecule has 0 atom stereocenters. The summed E-state index contributed by atoms with van der Waals surface area (Å²) < 4.78 is 5.89. The number of nitrogen functional groups attached to an aromatic ring is 1. The maximum Gasteiger partial charge on any atom is 0.142 e. The molecule has 4 nitrogen and oxygen atoms in total. The molecule has 0 saturated heterocycles. The van der Waals surface area contributed by atoms with Crippen LogP contribution in [0.25, 0.3) is 5.70 Å². The number of halogens is 2. The quantitative estimate of drug-likeness (QED) is 0.369. The molecule has 0 unspecified atom stereocenters. The first-order chi connectivity index (χ1) is 15.0. The molecule has 0 aliphatic carbocycles. The Hall–Kier alpha value is -2.66. The van der Waals surface area contributed by atoms with Gasteiger partial charge in [0.15, 0.2) is 0 Å². The topological polar surface area (TPSA) is 64.5 Å². The van der Waals surface area contributed by atoms with Crippen LogP contribution in [0.5, 0.6) is 5.75 Å². The van der Waals surface area contributed by atoms with Crippen molar-refractivity contribution >= 4 is 34.6 Å². The molecule has 0 heterocycles. The largest absolute Gasteiger partial charge is 0.487 e. The molecule has 31 heavy (non-hydrogen) atoms. The van der Waals surface area contributed by atoms with Crippen molar-refractivity contribution in [3.8, 4) is 5.75 Å². The zero-order valence-corrected chi connectivity index (χ0v) is 18.9. The highest BCUT2D eigenvalue weighted by molar-refractivity contribution is 6.34. The Labute approximate surface area is 194 Å². The molecule has 0 aliphatic rings. The maximum atomic E-state index is 6.28. The van der Waals surface area contributed by atoms with Crippen molar-refractivity contribution in [2.24, 2.45) is 5.73 Å². The monoisotopic (exact) mass is 455 g/mol. The van der Waals surface area contributed by atoms with E-state index >= 15 is 0 Å². The highest BCUT2D eigenvalue weighted by Gasteiger charge is 2.13. The third kappa shape index (κ3) is 6.66. The Morgan fingerprint density at radius 3 is 2.29 bits per heavy atom. The lowest BCUT2D eigenvalue weighted by Crippen LogP contribution is -2.24. The highest BCUT2D eigenvalue weighted by atomic mass is 35.5. The first-order valence-electron chi connectivity index (χ1n) is 10.1. The van der Waals surface area contributed by atoms with E-state index < -0.39 is 0 Å². The van der Waals surface area contributed by atoms with Gasteiger partial charge in [-0.15, -0.1) is 0 Å². The standard InChI is InChI=1S/C25H27Cl2N3O/c1-18(30(11-5-10-28)16-20-12-22(26)15-23(27)13-20)21-8-9-25(24(29)14-21)31-17-19-6-3-2-4-7-19/h2-4,6-9,12-15H,1,5,10-11,16-17,28-29H2. The van der Waals surface area contributed by atoms with Crippen LogP contribution in [-0.2, 0) is 13.2 Å². The van der Waals surface area contributed by atoms with Gasteiger partial charge < -0.3 is 21.1 Å². The Balaban J connectivity index is 1.74. The van der Waals surface area contributed by atoms with E-state index in [2.05, 4.69) is 11.5 Å². The number of hydrogen-bond donors (Lipinski definition) is 2. The minimum Gasteiger partial charge on any atom is -0.487 e. The molecule has 0 spiro atoms. The average Bonchev–Trinajstić information content (AvgIpc) is 2.75. The second-order valence-corrected chi connectivity index (χ2v) is 8.19. The summed E-state index contributed by atoms with van der Waals surface area (Å²) in [4.78, 5) is 2.16. The highest BCUT2D eigenvalue weighted by Crippen LogP contribution is 2.29. The third-order valence-corrected chi connectivity index (χ3v) is 5.33. The van der Waals surface area contributed by atoms with Gasteiger partial charge in [0.25, 0.3) is 0 Å². The first kappa shape index (κ1) is 23.0. The van der Waals surface area contributed by atoms with E-state index in [1.165, 1.54) is 0 Å². The van der Waals surface area contributed by atoms with Crippen LogP contribution in [-0.4, -0.2) is 18.0 Å². The summed E-state index contributed by atoms with van der Waals surface area (Å²) >= 11 is 12.3. The van der Waals surface area contributed by atoms with Gasteiger partial charge in [-0.25, -0.2) is 0 Å². The molecule has 0 fully saturated rings. The summed E-state index contributed by atoms with van der Waals surface area (Å²) in [5, 5.41) is 1.21. The van der Waals surface area contributed by atoms with E-state index in [0.717, 1.165) is 35.4 Å². The molecule has 3 rings (SSSR count). The molecule has 0 amide bonds. The average molecular weight is 456 g/mol. The summed E-state index contributed by atoms with van der Waals surface area (Å²) in [7, 11) is 0. The smallest absolute Gasteiger partial charge is 0.142 e. The lowest BCUT2D eigenvalue weighted by Gasteiger charge is -2.27. The first-order valence-corrected chi connectivity index (χ1v) is 10.9. The van der Waals surface area contributed by atoms with E-state index in [9.17, 15) is 0 Å². The molecule has 0 aliphatic heterocycles. The van der Waals surface area contributed by atoms with Gasteiger partial charge in [-0.2, -0.15) is 0 Å². The van der Waals surface area contributed by atoms with Crippen LogP contribution in [0.4, 0.5) is 5.69 Å². The number of hydrogen-bond acceptors (Lipinski definition) is 4. The van der Waals surface area contributed by atoms with Crippen LogP contribution in [0.3, 0.4) is 0 Å². The van der Waals surface area contributed by atoms with Crippen LogP contribution in [0.1, 0.15) is 23.1 Å². The molecule has 6 heteroatoms. The number of rotatable bonds is 10. The van der Waals surface area contributed by atoms with Gasteiger partial charge in [0, 0.05) is 28.8 Å². The fourth-order valence-corrected chi connectivity index (χ4v) is 3.86. The third-order valence-electron chi connectivity index (χ3n) is 4.89. The summed E-state index contributed by atoms with van der Waals surface area (Å²) in [5.74, 6) is 0.649. The van der Waals surface area contributed by atoms with Crippen LogP contribution in [0, 0.1) is 0 Å². The summed E-state index contributed by atoms with van der Waals surface area (Å²) in [6, 6.07) is 21.3. The van der Waals surface area contributed by atoms with Crippen LogP contribution < -0.4 is 16.2 Å². The van der Waals surface area contributed by atoms with Crippen LogP contribution >= 0.6 is 23.2 Å². The fourth-order valence-electron chi connectivity index (χ4n) is 3.29. The van der Waals surface area contributed by atoms with Crippen molar-refractivity contribution in [1.82, 2.24) is 4.90 Å². The van der Waals surface area contributed by atoms with E-state index in [0.29, 0.717) is 41.2 Å². The van der Waals surface area contributed by atoms with Gasteiger partial charge in [0.1, 0.15) is 12.4 Å². The molecule has 0 radical (unpaired) electrons. The van der Waals surface area contributed by atoms with E-state index in [4.69, 9.17) is 39.4 Å². The summed E-state index contributed by atoms with van der Waals surface area (Å²) in [6.45, 7) is 6.73. The Morgan fingerprint density at radius 1 is 0.935 bits per heavy atom. The fraction of sp³-hybridized carbons (Fsp3) is 0.200. The zero-order chi connectivity index (χ0) is 22.2. The van der Waals surface area contributed by atoms with E-state index in [-0.39, 0.29) is 0 Å². The summed E-state index contributed by atoms with van der Waals surface area (Å²) in [5.41, 5.74) is 16.5. The molecule has 3 aromatic carbocycles. The molecule has 3 aromatic rings. The molecular formula is C25H27Cl2N3O. The van der Waals surface area contributed by atoms with Crippen molar-refractivity contribution in [2.75, 3.05) is 18.8 Å². The normalized spacial score (nSPS) is 10.7. The second kappa shape index (κ2) is 11.1. The van der Waals surface area contributed by atoms with E-state index in [1.807, 2.05) is 60.7 Å². The number of nitrogens with two attached hydrogens (primary N) is 2. The van der Waals surface area contributed by atoms with Gasteiger partial charge in [0.05, 0.1) is 5.69 Å². The molecule has 162 valence electrons. The summed E-state index contributed by atoms with van der Waals surface area (Å²) in [6.07, 6.45) is 0.834. The van der Waals surface area contributed by atoms with Crippen LogP contribution in [0.15, 0.2) is 73.3 Å². The molecule has 0 bridgehead atoms. The number of nitrogens with zero attached hydrogens (tertiary/aromatic N) is 1. The van der Waals surface area contributed by atoms with Crippen molar-refractivity contribution < 1.29 is 4.74 Å². The lowest BCUT2D eigenvalue weighted by atomic mass is 10.1. The molecular weight excluding hydrogens is 429 g/mol. The predicted molar refractivity (Wildman–Crippen MR) is 131 cm³/mol. The molecule has 0 saturated carbocycles. The SMILES string of the molecule is C=C(c1ccc(OCc2ccccc2)c(N)c1)N(CCCN)Cc1cc(Cl)cc(Cl)c1. The number of anilines is 1. The van der Waals surface area contributed by atoms with Gasteiger partial charge in [0.2, 0.25) is 0 Å². The van der Waals surface area contributed by atoms with Gasteiger partial charge >= 0.3 is 0 Å². The Bertz CT molecular complexity index is 1000. The molecule has 4 N–H and O–H groups in total. The van der Waals surface area contributed by atoms with E-state index in [1.54, 1.807) is 6.07 Å². The minimum absolute atomic E-state index is 0.462. The van der Waals surface area contributed by atoms with Crippen molar-refractivity contribution in [2.45, 2.75) is 19.6 Å². The van der Waals surface area contributed by atoms with Crippen molar-refractivity contribution in [3.63, 3.8) is 0 Å². The van der Waals surface area contributed by atoms with Gasteiger partial charge in [-0.3, -0.25) is 0 Å².